The van der Waals surface area contributed by atoms with Crippen molar-refractivity contribution in [3.8, 4) is 0 Å². The summed E-state index contributed by atoms with van der Waals surface area (Å²) in [5, 5.41) is 21.5. The van der Waals surface area contributed by atoms with Crippen molar-refractivity contribution in [1.29, 1.82) is 0 Å². The second-order valence-corrected chi connectivity index (χ2v) is 1.69. The summed E-state index contributed by atoms with van der Waals surface area (Å²) in [6.45, 7) is 0. The Hall–Kier alpha value is 2.45. The summed E-state index contributed by atoms with van der Waals surface area (Å²) in [7, 11) is -6.83. The predicted molar refractivity (Wildman–Crippen MR) is 40.9 cm³/mol. The van der Waals surface area contributed by atoms with E-state index in [4.69, 9.17) is 32.6 Å². The zero-order valence-corrected chi connectivity index (χ0v) is 4.85. The van der Waals surface area contributed by atoms with E-state index >= 15 is 0 Å². The van der Waals surface area contributed by atoms with Gasteiger partial charge in [-0.2, -0.15) is 8.42 Å². The molecule has 5 N–H and O–H groups in total. The Bertz CT molecular complexity index is 130. The first-order valence-corrected chi connectivity index (χ1v) is 2.87. The molecule has 0 saturated heterocycles. The maximum absolute atomic E-state index is 8.74. The fourth-order valence-electron chi connectivity index (χ4n) is 0. The van der Waals surface area contributed by atoms with Crippen molar-refractivity contribution >= 4 is 98.7 Å². The Morgan fingerprint density at radius 3 is 1.00 bits per heavy atom. The molecule has 0 aliphatic carbocycles. The molecule has 0 radical (unpaired) electrons. The van der Waals surface area contributed by atoms with Crippen LogP contribution in [0.15, 0.2) is 0 Å². The summed E-state index contributed by atoms with van der Waals surface area (Å²) >= 11 is 0. The molecule has 0 atom stereocenters. The maximum atomic E-state index is 8.74. The first kappa shape index (κ1) is 23.3. The van der Waals surface area contributed by atoms with Gasteiger partial charge in [-0.3, -0.25) is 9.11 Å². The third-order valence-corrected chi connectivity index (χ3v) is 0. The fraction of sp³-hybridized carbons (Fsp3) is 0. The summed E-state index contributed by atoms with van der Waals surface area (Å²) in [6.07, 6.45) is 0. The van der Waals surface area contributed by atoms with Crippen molar-refractivity contribution in [2.45, 2.75) is 0 Å². The van der Waals surface area contributed by atoms with E-state index < -0.39 is 17.7 Å². The molecule has 0 amide bonds. The number of hydrogen-bond donors (Lipinski definition) is 5. The van der Waals surface area contributed by atoms with Crippen LogP contribution >= 0.6 is 0 Å². The van der Waals surface area contributed by atoms with Crippen LogP contribution in [0.5, 0.6) is 0 Å². The minimum absolute atomic E-state index is 0. The summed E-state index contributed by atoms with van der Waals surface area (Å²) in [5.41, 5.74) is 0. The van der Waals surface area contributed by atoms with Gasteiger partial charge < -0.3 is 15.1 Å². The summed E-state index contributed by atoms with van der Waals surface area (Å²) in [4.78, 5) is 0. The number of hydrogen-bond acceptors (Lipinski definition) is 5. The fourth-order valence-corrected chi connectivity index (χ4v) is 0. The van der Waals surface area contributed by atoms with Gasteiger partial charge >= 0.3 is 98.7 Å². The zero-order valence-electron chi connectivity index (χ0n) is 4.04. The molecule has 7 nitrogen and oxygen atoms in total. The second-order valence-electron chi connectivity index (χ2n) is 0.794. The van der Waals surface area contributed by atoms with Gasteiger partial charge in [-0.15, -0.1) is 0 Å². The molecular formula is H7BKNaO7S. The van der Waals surface area contributed by atoms with Crippen molar-refractivity contribution in [2.24, 2.45) is 0 Å². The van der Waals surface area contributed by atoms with Crippen LogP contribution in [-0.2, 0) is 10.4 Å². The summed E-state index contributed by atoms with van der Waals surface area (Å²) in [6, 6.07) is 0. The molecule has 0 bridgehead atoms. The quantitative estimate of drug-likeness (QED) is 0.209. The molecule has 0 aliphatic rings. The first-order chi connectivity index (χ1) is 3.73. The van der Waals surface area contributed by atoms with Gasteiger partial charge in [-0.1, -0.05) is 0 Å². The monoisotopic (exact) mass is 224 g/mol. The predicted octanol–water partition coefficient (Wildman–Crippen LogP) is -4.00. The second kappa shape index (κ2) is 12.5. The van der Waals surface area contributed by atoms with E-state index in [-0.39, 0.29) is 80.9 Å². The van der Waals surface area contributed by atoms with Gasteiger partial charge in [-0.05, 0) is 0 Å². The third kappa shape index (κ3) is 226. The topological polar surface area (TPSA) is 135 Å². The molecule has 11 heteroatoms. The van der Waals surface area contributed by atoms with Crippen LogP contribution in [0.2, 0.25) is 0 Å². The molecule has 60 valence electrons. The molecule has 0 aromatic rings. The molecule has 0 saturated carbocycles. The SMILES string of the molecule is O=S(=O)(O)O.OB(O)O.[KH].[NaH]. The van der Waals surface area contributed by atoms with Crippen molar-refractivity contribution < 1.29 is 32.6 Å². The van der Waals surface area contributed by atoms with E-state index in [2.05, 4.69) is 0 Å². The standard InChI is InChI=1S/BH3O3.K.Na.H2O4S.2H/c2-1(3)4;;;1-5(2,3)4;;/h2-4H;;;(H2,1,2,3,4);;. The molecule has 0 aliphatic heterocycles. The van der Waals surface area contributed by atoms with Crippen LogP contribution < -0.4 is 0 Å². The van der Waals surface area contributed by atoms with Crippen LogP contribution in [0.4, 0.5) is 0 Å². The van der Waals surface area contributed by atoms with Crippen molar-refractivity contribution in [2.75, 3.05) is 0 Å². The third-order valence-electron chi connectivity index (χ3n) is 0. The van der Waals surface area contributed by atoms with Gasteiger partial charge in [0.1, 0.15) is 0 Å². The van der Waals surface area contributed by atoms with Gasteiger partial charge in [0.15, 0.2) is 0 Å². The number of rotatable bonds is 0. The Morgan fingerprint density at radius 1 is 1.00 bits per heavy atom. The summed E-state index contributed by atoms with van der Waals surface area (Å²) in [5.74, 6) is 0. The van der Waals surface area contributed by atoms with Crippen LogP contribution in [-0.4, -0.2) is 121 Å². The minimum atomic E-state index is -4.67. The van der Waals surface area contributed by atoms with E-state index in [1.54, 1.807) is 0 Å². The Kier molecular flexibility index (Phi) is 26.4. The zero-order chi connectivity index (χ0) is 8.08. The molecular weight excluding hydrogens is 217 g/mol. The molecule has 0 rings (SSSR count). The normalized spacial score (nSPS) is 7.73. The van der Waals surface area contributed by atoms with Crippen LogP contribution in [0.1, 0.15) is 0 Å². The van der Waals surface area contributed by atoms with Crippen LogP contribution in [0.3, 0.4) is 0 Å². The molecule has 0 unspecified atom stereocenters. The van der Waals surface area contributed by atoms with Gasteiger partial charge in [0.25, 0.3) is 0 Å². The van der Waals surface area contributed by atoms with Crippen molar-refractivity contribution in [3.05, 3.63) is 0 Å². The van der Waals surface area contributed by atoms with E-state index in [0.29, 0.717) is 0 Å². The molecule has 0 heterocycles. The van der Waals surface area contributed by atoms with E-state index in [1.165, 1.54) is 0 Å². The van der Waals surface area contributed by atoms with Gasteiger partial charge in [0, 0.05) is 0 Å². The van der Waals surface area contributed by atoms with Crippen molar-refractivity contribution in [1.82, 2.24) is 0 Å². The average molecular weight is 224 g/mol. The molecule has 0 fully saturated rings. The summed E-state index contributed by atoms with van der Waals surface area (Å²) < 4.78 is 31.6. The van der Waals surface area contributed by atoms with Gasteiger partial charge in [-0.25, -0.2) is 0 Å². The molecule has 0 aromatic carbocycles. The van der Waals surface area contributed by atoms with E-state index in [9.17, 15) is 0 Å². The van der Waals surface area contributed by atoms with Gasteiger partial charge in [0.05, 0.1) is 0 Å². The molecule has 0 aromatic heterocycles. The molecule has 11 heavy (non-hydrogen) atoms. The Morgan fingerprint density at radius 2 is 1.00 bits per heavy atom. The van der Waals surface area contributed by atoms with E-state index in [0.717, 1.165) is 0 Å². The Balaban J connectivity index is -0.0000000383. The van der Waals surface area contributed by atoms with E-state index in [1.807, 2.05) is 0 Å². The van der Waals surface area contributed by atoms with Crippen LogP contribution in [0, 0.1) is 0 Å². The Labute approximate surface area is 129 Å². The first-order valence-electron chi connectivity index (χ1n) is 1.47. The average Bonchev–Trinajstić information content (AvgIpc) is 1.19. The van der Waals surface area contributed by atoms with Crippen molar-refractivity contribution in [3.63, 3.8) is 0 Å². The molecule has 0 spiro atoms. The van der Waals surface area contributed by atoms with Crippen LogP contribution in [0.25, 0.3) is 0 Å². The van der Waals surface area contributed by atoms with Gasteiger partial charge in [0.2, 0.25) is 0 Å².